The van der Waals surface area contributed by atoms with Gasteiger partial charge in [0.1, 0.15) is 5.75 Å². The summed E-state index contributed by atoms with van der Waals surface area (Å²) in [6.45, 7) is 1.22. The second kappa shape index (κ2) is 10.4. The van der Waals surface area contributed by atoms with Crippen LogP contribution in [-0.2, 0) is 20.8 Å². The monoisotopic (exact) mass is 409 g/mol. The number of likely N-dealkylation sites (tertiary alicyclic amines) is 1. The zero-order valence-corrected chi connectivity index (χ0v) is 16.9. The molecule has 1 aliphatic heterocycles. The molecule has 1 saturated heterocycles. The van der Waals surface area contributed by atoms with Crippen molar-refractivity contribution in [1.29, 1.82) is 0 Å². The molecule has 3 amide bonds. The highest BCUT2D eigenvalue weighted by Gasteiger charge is 2.28. The van der Waals surface area contributed by atoms with Crippen LogP contribution in [0, 0.1) is 5.92 Å². The summed E-state index contributed by atoms with van der Waals surface area (Å²) in [4.78, 5) is 38.2. The molecule has 30 heavy (non-hydrogen) atoms. The Morgan fingerprint density at radius 1 is 1.07 bits per heavy atom. The number of nitrogens with zero attached hydrogens (tertiary/aromatic N) is 1. The number of hydrogen-bond acceptors (Lipinski definition) is 4. The third-order valence-electron chi connectivity index (χ3n) is 5.09. The molecule has 0 aliphatic carbocycles. The Kier molecular flexibility index (Phi) is 7.43. The molecule has 0 aromatic heterocycles. The lowest BCUT2D eigenvalue weighted by molar-refractivity contribution is -0.134. The Hall–Kier alpha value is -3.35. The van der Waals surface area contributed by atoms with Crippen molar-refractivity contribution in [2.45, 2.75) is 25.7 Å². The molecule has 2 aromatic rings. The summed E-state index contributed by atoms with van der Waals surface area (Å²) in [6.07, 6.45) is 1.95. The van der Waals surface area contributed by atoms with Gasteiger partial charge in [0.05, 0.1) is 31.1 Å². The number of ether oxygens (including phenoxy) is 1. The van der Waals surface area contributed by atoms with E-state index in [1.165, 1.54) is 0 Å². The summed E-state index contributed by atoms with van der Waals surface area (Å²) in [6, 6.07) is 16.7. The highest BCUT2D eigenvalue weighted by Crippen LogP contribution is 2.26. The lowest BCUT2D eigenvalue weighted by atomic mass is 9.96. The maximum Gasteiger partial charge on any atom is 0.229 e. The van der Waals surface area contributed by atoms with E-state index in [4.69, 9.17) is 10.5 Å². The molecule has 2 aromatic carbocycles. The van der Waals surface area contributed by atoms with Crippen LogP contribution < -0.4 is 15.8 Å². The second-order valence-electron chi connectivity index (χ2n) is 7.39. The summed E-state index contributed by atoms with van der Waals surface area (Å²) in [5.41, 5.74) is 6.65. The molecular formula is C23H27N3O4. The second-order valence-corrected chi connectivity index (χ2v) is 7.39. The molecule has 7 nitrogen and oxygen atoms in total. The largest absolute Gasteiger partial charge is 0.491 e. The average Bonchev–Trinajstić information content (AvgIpc) is 2.75. The Bertz CT molecular complexity index is 885. The first-order valence-electron chi connectivity index (χ1n) is 10.2. The zero-order valence-electron chi connectivity index (χ0n) is 16.9. The Balaban J connectivity index is 1.58. The topological polar surface area (TPSA) is 102 Å². The molecule has 3 N–H and O–H groups in total. The minimum Gasteiger partial charge on any atom is -0.491 e. The molecule has 158 valence electrons. The van der Waals surface area contributed by atoms with Crippen LogP contribution in [0.15, 0.2) is 54.6 Å². The number of para-hydroxylation sites is 2. The zero-order chi connectivity index (χ0) is 21.3. The van der Waals surface area contributed by atoms with Gasteiger partial charge in [-0.3, -0.25) is 14.4 Å². The van der Waals surface area contributed by atoms with Gasteiger partial charge in [0.15, 0.2) is 0 Å². The van der Waals surface area contributed by atoms with Gasteiger partial charge in [0.2, 0.25) is 17.7 Å². The van der Waals surface area contributed by atoms with Crippen LogP contribution in [0.1, 0.15) is 24.8 Å². The number of piperidine rings is 1. The number of rotatable bonds is 8. The van der Waals surface area contributed by atoms with Gasteiger partial charge in [-0.1, -0.05) is 42.5 Å². The normalized spacial score (nSPS) is 16.0. The maximum absolute atomic E-state index is 12.8. The summed E-state index contributed by atoms with van der Waals surface area (Å²) >= 11 is 0. The van der Waals surface area contributed by atoms with Crippen molar-refractivity contribution in [1.82, 2.24) is 4.90 Å². The highest BCUT2D eigenvalue weighted by atomic mass is 16.5. The van der Waals surface area contributed by atoms with Gasteiger partial charge in [-0.15, -0.1) is 0 Å². The summed E-state index contributed by atoms with van der Waals surface area (Å²) in [7, 11) is 0. The average molecular weight is 409 g/mol. The predicted molar refractivity (Wildman–Crippen MR) is 114 cm³/mol. The lowest BCUT2D eigenvalue weighted by Gasteiger charge is -2.32. The number of carbonyl (C=O) groups excluding carboxylic acids is 3. The van der Waals surface area contributed by atoms with Gasteiger partial charge in [0, 0.05) is 13.1 Å². The molecule has 1 atom stereocenters. The number of primary amides is 1. The van der Waals surface area contributed by atoms with Gasteiger partial charge >= 0.3 is 0 Å². The van der Waals surface area contributed by atoms with E-state index >= 15 is 0 Å². The van der Waals surface area contributed by atoms with E-state index < -0.39 is 5.91 Å². The minimum atomic E-state index is -0.445. The molecule has 0 saturated carbocycles. The summed E-state index contributed by atoms with van der Waals surface area (Å²) in [5.74, 6) is -0.344. The number of carbonyl (C=O) groups is 3. The molecule has 1 fully saturated rings. The molecule has 0 radical (unpaired) electrons. The van der Waals surface area contributed by atoms with Crippen LogP contribution >= 0.6 is 0 Å². The number of anilines is 1. The van der Waals surface area contributed by atoms with E-state index in [0.29, 0.717) is 30.9 Å². The third-order valence-corrected chi connectivity index (χ3v) is 5.09. The molecule has 0 bridgehead atoms. The molecule has 1 unspecified atom stereocenters. The number of hydrogen-bond donors (Lipinski definition) is 2. The smallest absolute Gasteiger partial charge is 0.229 e. The molecule has 1 aliphatic rings. The molecule has 1 heterocycles. The van der Waals surface area contributed by atoms with Crippen LogP contribution in [0.3, 0.4) is 0 Å². The Morgan fingerprint density at radius 2 is 1.80 bits per heavy atom. The first-order chi connectivity index (χ1) is 14.5. The first kappa shape index (κ1) is 21.4. The van der Waals surface area contributed by atoms with Crippen molar-refractivity contribution in [3.8, 4) is 5.75 Å². The summed E-state index contributed by atoms with van der Waals surface area (Å²) < 4.78 is 5.58. The first-order valence-corrected chi connectivity index (χ1v) is 10.2. The Labute approximate surface area is 176 Å². The SMILES string of the molecule is NC(=O)CCOc1ccccc1NC(=O)C1CCCN(C(=O)Cc2ccccc2)C1. The van der Waals surface area contributed by atoms with Crippen molar-refractivity contribution in [2.24, 2.45) is 11.7 Å². The van der Waals surface area contributed by atoms with E-state index in [1.807, 2.05) is 30.3 Å². The molecular weight excluding hydrogens is 382 g/mol. The van der Waals surface area contributed by atoms with E-state index in [1.54, 1.807) is 29.2 Å². The van der Waals surface area contributed by atoms with Crippen molar-refractivity contribution in [2.75, 3.05) is 25.0 Å². The van der Waals surface area contributed by atoms with Gasteiger partial charge < -0.3 is 20.7 Å². The predicted octanol–water partition coefficient (Wildman–Crippen LogP) is 2.36. The number of nitrogens with two attached hydrogens (primary N) is 1. The number of nitrogens with one attached hydrogen (secondary N) is 1. The van der Waals surface area contributed by atoms with E-state index in [2.05, 4.69) is 5.32 Å². The van der Waals surface area contributed by atoms with E-state index in [-0.39, 0.29) is 30.8 Å². The maximum atomic E-state index is 12.8. The van der Waals surface area contributed by atoms with Crippen LogP contribution in [0.2, 0.25) is 0 Å². The fourth-order valence-electron chi connectivity index (χ4n) is 3.49. The van der Waals surface area contributed by atoms with Crippen molar-refractivity contribution < 1.29 is 19.1 Å². The molecule has 7 heteroatoms. The van der Waals surface area contributed by atoms with Crippen molar-refractivity contribution in [3.63, 3.8) is 0 Å². The Morgan fingerprint density at radius 3 is 2.57 bits per heavy atom. The number of benzene rings is 2. The van der Waals surface area contributed by atoms with Gasteiger partial charge in [-0.25, -0.2) is 0 Å². The lowest BCUT2D eigenvalue weighted by Crippen LogP contribution is -2.44. The van der Waals surface area contributed by atoms with E-state index in [0.717, 1.165) is 18.4 Å². The minimum absolute atomic E-state index is 0.0360. The fourth-order valence-corrected chi connectivity index (χ4v) is 3.49. The van der Waals surface area contributed by atoms with E-state index in [9.17, 15) is 14.4 Å². The standard InChI is InChI=1S/C23H27N3O4/c24-21(27)12-14-30-20-11-5-4-10-19(20)25-23(29)18-9-6-13-26(16-18)22(28)15-17-7-2-1-3-8-17/h1-5,7-8,10-11,18H,6,9,12-16H2,(H2,24,27)(H,25,29). The number of amides is 3. The highest BCUT2D eigenvalue weighted by molar-refractivity contribution is 5.94. The quantitative estimate of drug-likeness (QED) is 0.699. The van der Waals surface area contributed by atoms with Gasteiger partial charge in [-0.2, -0.15) is 0 Å². The van der Waals surface area contributed by atoms with Crippen LogP contribution in [0.25, 0.3) is 0 Å². The summed E-state index contributed by atoms with van der Waals surface area (Å²) in [5, 5.41) is 2.91. The van der Waals surface area contributed by atoms with Crippen molar-refractivity contribution in [3.05, 3.63) is 60.2 Å². The third kappa shape index (κ3) is 6.07. The van der Waals surface area contributed by atoms with Crippen molar-refractivity contribution >= 4 is 23.4 Å². The molecule has 0 spiro atoms. The van der Waals surface area contributed by atoms with Crippen LogP contribution in [-0.4, -0.2) is 42.3 Å². The fraction of sp³-hybridized carbons (Fsp3) is 0.348. The van der Waals surface area contributed by atoms with Gasteiger partial charge in [0.25, 0.3) is 0 Å². The van der Waals surface area contributed by atoms with Gasteiger partial charge in [-0.05, 0) is 30.5 Å². The van der Waals surface area contributed by atoms with Crippen LogP contribution in [0.4, 0.5) is 5.69 Å². The van der Waals surface area contributed by atoms with Crippen LogP contribution in [0.5, 0.6) is 5.75 Å². The molecule has 3 rings (SSSR count).